The molecule has 4 aromatic rings. The molecule has 0 atom stereocenters. The fraction of sp³-hybridized carbons (Fsp3) is 0.111. The highest BCUT2D eigenvalue weighted by molar-refractivity contribution is 6.35. The molecule has 7 nitrogen and oxygen atoms in total. The predicted molar refractivity (Wildman–Crippen MR) is 97.8 cm³/mol. The number of aryl methyl sites for hydroxylation is 2. The van der Waals surface area contributed by atoms with Crippen LogP contribution in [0.3, 0.4) is 0 Å². The van der Waals surface area contributed by atoms with Crippen molar-refractivity contribution in [2.75, 3.05) is 5.32 Å². The number of hydrogen-bond donors (Lipinski definition) is 1. The molecule has 0 aliphatic heterocycles. The summed E-state index contributed by atoms with van der Waals surface area (Å²) in [5.74, 6) is 1.14. The third kappa shape index (κ3) is 2.93. The van der Waals surface area contributed by atoms with Crippen LogP contribution in [0.4, 0.5) is 5.69 Å². The molecule has 130 valence electrons. The maximum Gasteiger partial charge on any atom is 0.255 e. The lowest BCUT2D eigenvalue weighted by Crippen LogP contribution is -2.12. The van der Waals surface area contributed by atoms with Gasteiger partial charge >= 0.3 is 0 Å². The molecule has 0 aliphatic carbocycles. The van der Waals surface area contributed by atoms with E-state index in [1.165, 1.54) is 0 Å². The van der Waals surface area contributed by atoms with Gasteiger partial charge in [0.25, 0.3) is 5.91 Å². The van der Waals surface area contributed by atoms with E-state index in [9.17, 15) is 4.79 Å². The monoisotopic (exact) mass is 367 g/mol. The molecule has 0 saturated carbocycles. The average Bonchev–Trinajstić information content (AvgIpc) is 3.20. The maximum atomic E-state index is 12.6. The van der Waals surface area contributed by atoms with Crippen LogP contribution in [0, 0.1) is 13.8 Å². The van der Waals surface area contributed by atoms with Crippen molar-refractivity contribution in [2.24, 2.45) is 0 Å². The second-order valence-electron chi connectivity index (χ2n) is 5.88. The molecule has 8 heteroatoms. The van der Waals surface area contributed by atoms with E-state index >= 15 is 0 Å². The number of carbonyl (C=O) groups excluding carboxylic acids is 1. The molecule has 1 N–H and O–H groups in total. The zero-order valence-corrected chi connectivity index (χ0v) is 14.8. The minimum Gasteiger partial charge on any atom is -0.460 e. The number of anilines is 1. The van der Waals surface area contributed by atoms with Gasteiger partial charge in [-0.05, 0) is 60.7 Å². The van der Waals surface area contributed by atoms with Crippen LogP contribution in [0.5, 0.6) is 0 Å². The van der Waals surface area contributed by atoms with Crippen LogP contribution in [0.1, 0.15) is 21.9 Å². The first kappa shape index (κ1) is 16.3. The smallest absolute Gasteiger partial charge is 0.255 e. The Hall–Kier alpha value is -3.19. The fourth-order valence-corrected chi connectivity index (χ4v) is 3.03. The molecule has 2 aromatic heterocycles. The number of rotatable bonds is 3. The van der Waals surface area contributed by atoms with Crippen molar-refractivity contribution in [2.45, 2.75) is 13.8 Å². The number of hydrogen-bond acceptors (Lipinski definition) is 5. The van der Waals surface area contributed by atoms with Crippen molar-refractivity contribution in [1.82, 2.24) is 20.2 Å². The summed E-state index contributed by atoms with van der Waals surface area (Å²) in [4.78, 5) is 12.6. The summed E-state index contributed by atoms with van der Waals surface area (Å²) < 4.78 is 7.11. The van der Waals surface area contributed by atoms with E-state index in [-0.39, 0.29) is 5.91 Å². The van der Waals surface area contributed by atoms with Gasteiger partial charge in [0.15, 0.2) is 11.4 Å². The van der Waals surface area contributed by atoms with Gasteiger partial charge in [-0.25, -0.2) is 0 Å². The number of amides is 1. The van der Waals surface area contributed by atoms with Crippen molar-refractivity contribution >= 4 is 34.2 Å². The van der Waals surface area contributed by atoms with Gasteiger partial charge in [-0.15, -0.1) is 5.10 Å². The number of nitrogens with one attached hydrogen (secondary N) is 1. The van der Waals surface area contributed by atoms with Gasteiger partial charge < -0.3 is 9.73 Å². The number of furan rings is 1. The zero-order valence-electron chi connectivity index (χ0n) is 14.0. The SMILES string of the molecule is Cc1cc2cc(NC(=O)c3cccc(-n4nnnc4C)c3)cc(Cl)c2o1. The molecule has 4 rings (SSSR count). The van der Waals surface area contributed by atoms with E-state index < -0.39 is 0 Å². The standard InChI is InChI=1S/C18H14ClN5O2/c1-10-6-13-7-14(9-16(19)17(13)26-10)20-18(25)12-4-3-5-15(8-12)24-11(2)21-22-23-24/h3-9H,1-2H3,(H,20,25). The summed E-state index contributed by atoms with van der Waals surface area (Å²) in [5.41, 5.74) is 2.40. The minimum absolute atomic E-state index is 0.256. The molecule has 1 amide bonds. The maximum absolute atomic E-state index is 12.6. The highest BCUT2D eigenvalue weighted by atomic mass is 35.5. The van der Waals surface area contributed by atoms with Crippen LogP contribution in [0.2, 0.25) is 5.02 Å². The second-order valence-corrected chi connectivity index (χ2v) is 6.28. The van der Waals surface area contributed by atoms with E-state index in [1.807, 2.05) is 25.1 Å². The number of tetrazole rings is 1. The van der Waals surface area contributed by atoms with Crippen molar-refractivity contribution in [3.63, 3.8) is 0 Å². The van der Waals surface area contributed by atoms with Crippen molar-refractivity contribution in [3.8, 4) is 5.69 Å². The lowest BCUT2D eigenvalue weighted by Gasteiger charge is -2.08. The van der Waals surface area contributed by atoms with E-state index in [4.69, 9.17) is 16.0 Å². The molecule has 0 bridgehead atoms. The molecule has 0 spiro atoms. The quantitative estimate of drug-likeness (QED) is 0.593. The average molecular weight is 368 g/mol. The number of aromatic nitrogens is 4. The lowest BCUT2D eigenvalue weighted by molar-refractivity contribution is 0.102. The molecule has 0 fully saturated rings. The van der Waals surface area contributed by atoms with Crippen LogP contribution in [0.25, 0.3) is 16.7 Å². The third-order valence-electron chi connectivity index (χ3n) is 3.93. The topological polar surface area (TPSA) is 85.8 Å². The Morgan fingerprint density at radius 1 is 1.19 bits per heavy atom. The molecule has 2 aromatic carbocycles. The second kappa shape index (κ2) is 6.27. The van der Waals surface area contributed by atoms with Crippen molar-refractivity contribution in [3.05, 3.63) is 64.6 Å². The van der Waals surface area contributed by atoms with E-state index in [0.717, 1.165) is 11.1 Å². The molecule has 0 aliphatic rings. The summed E-state index contributed by atoms with van der Waals surface area (Å²) >= 11 is 6.24. The van der Waals surface area contributed by atoms with Gasteiger partial charge in [-0.2, -0.15) is 4.68 Å². The van der Waals surface area contributed by atoms with Gasteiger partial charge in [0, 0.05) is 16.6 Å². The summed E-state index contributed by atoms with van der Waals surface area (Å²) in [5, 5.41) is 15.5. The Morgan fingerprint density at radius 2 is 2.04 bits per heavy atom. The Kier molecular flexibility index (Phi) is 3.93. The Balaban J connectivity index is 1.64. The number of halogens is 1. The van der Waals surface area contributed by atoms with Gasteiger partial charge in [-0.3, -0.25) is 4.79 Å². The van der Waals surface area contributed by atoms with E-state index in [0.29, 0.717) is 33.4 Å². The normalized spacial score (nSPS) is 11.0. The van der Waals surface area contributed by atoms with Gasteiger partial charge in [0.1, 0.15) is 5.76 Å². The van der Waals surface area contributed by atoms with Crippen LogP contribution in [0.15, 0.2) is 46.9 Å². The molecule has 0 radical (unpaired) electrons. The molecule has 26 heavy (non-hydrogen) atoms. The summed E-state index contributed by atoms with van der Waals surface area (Å²) in [6, 6.07) is 12.4. The number of nitrogens with zero attached hydrogens (tertiary/aromatic N) is 4. The summed E-state index contributed by atoms with van der Waals surface area (Å²) in [7, 11) is 0. The fourth-order valence-electron chi connectivity index (χ4n) is 2.76. The zero-order chi connectivity index (χ0) is 18.3. The number of carbonyl (C=O) groups is 1. The van der Waals surface area contributed by atoms with E-state index in [1.54, 1.807) is 35.9 Å². The van der Waals surface area contributed by atoms with Crippen molar-refractivity contribution < 1.29 is 9.21 Å². The highest BCUT2D eigenvalue weighted by Gasteiger charge is 2.12. The lowest BCUT2D eigenvalue weighted by atomic mass is 10.1. The summed E-state index contributed by atoms with van der Waals surface area (Å²) in [6.45, 7) is 3.64. The van der Waals surface area contributed by atoms with Crippen molar-refractivity contribution in [1.29, 1.82) is 0 Å². The van der Waals surface area contributed by atoms with Gasteiger partial charge in [0.2, 0.25) is 0 Å². The first-order chi connectivity index (χ1) is 12.5. The molecule has 0 unspecified atom stereocenters. The number of benzene rings is 2. The van der Waals surface area contributed by atoms with Crippen LogP contribution >= 0.6 is 11.6 Å². The Bertz CT molecular complexity index is 1130. The Morgan fingerprint density at radius 3 is 2.81 bits per heavy atom. The van der Waals surface area contributed by atoms with E-state index in [2.05, 4.69) is 20.8 Å². The first-order valence-electron chi connectivity index (χ1n) is 7.88. The first-order valence-corrected chi connectivity index (χ1v) is 8.25. The van der Waals surface area contributed by atoms with Crippen LogP contribution in [-0.2, 0) is 0 Å². The highest BCUT2D eigenvalue weighted by Crippen LogP contribution is 2.30. The van der Waals surface area contributed by atoms with Gasteiger partial charge in [-0.1, -0.05) is 17.7 Å². The Labute approximate surface area is 153 Å². The minimum atomic E-state index is -0.256. The third-order valence-corrected chi connectivity index (χ3v) is 4.21. The molecule has 2 heterocycles. The van der Waals surface area contributed by atoms with Gasteiger partial charge in [0.05, 0.1) is 10.7 Å². The van der Waals surface area contributed by atoms with Crippen LogP contribution < -0.4 is 5.32 Å². The number of fused-ring (bicyclic) bond motifs is 1. The molecular formula is C18H14ClN5O2. The molecular weight excluding hydrogens is 354 g/mol. The summed E-state index contributed by atoms with van der Waals surface area (Å²) in [6.07, 6.45) is 0. The molecule has 0 saturated heterocycles. The predicted octanol–water partition coefficient (Wildman–Crippen LogP) is 3.93. The van der Waals surface area contributed by atoms with Crippen LogP contribution in [-0.4, -0.2) is 26.1 Å². The largest absolute Gasteiger partial charge is 0.460 e.